The van der Waals surface area contributed by atoms with Crippen LogP contribution in [0.5, 0.6) is 0 Å². The van der Waals surface area contributed by atoms with Crippen molar-refractivity contribution < 1.29 is 4.79 Å². The van der Waals surface area contributed by atoms with Gasteiger partial charge in [0, 0.05) is 20.1 Å². The second-order valence-electron chi connectivity index (χ2n) is 3.80. The summed E-state index contributed by atoms with van der Waals surface area (Å²) in [6.45, 7) is 3.71. The lowest BCUT2D eigenvalue weighted by molar-refractivity contribution is 0.0781. The van der Waals surface area contributed by atoms with Crippen molar-refractivity contribution in [2.24, 2.45) is 7.05 Å². The van der Waals surface area contributed by atoms with Crippen molar-refractivity contribution in [2.75, 3.05) is 13.1 Å². The second-order valence-corrected chi connectivity index (χ2v) is 3.80. The van der Waals surface area contributed by atoms with Crippen LogP contribution in [0, 0.1) is 6.92 Å². The molecule has 0 saturated carbocycles. The van der Waals surface area contributed by atoms with Crippen molar-refractivity contribution in [2.45, 2.75) is 19.8 Å². The van der Waals surface area contributed by atoms with Crippen LogP contribution in [-0.4, -0.2) is 33.7 Å². The Morgan fingerprint density at radius 3 is 2.57 bits per heavy atom. The number of aryl methyl sites for hydroxylation is 2. The smallest absolute Gasteiger partial charge is 0.272 e. The Kier molecular flexibility index (Phi) is 2.27. The van der Waals surface area contributed by atoms with Gasteiger partial charge in [0.1, 0.15) is 5.69 Å². The Morgan fingerprint density at radius 1 is 1.43 bits per heavy atom. The number of hydrogen-bond donors (Lipinski definition) is 0. The van der Waals surface area contributed by atoms with Gasteiger partial charge in [0.25, 0.3) is 5.91 Å². The number of carbonyl (C=O) groups excluding carboxylic acids is 1. The zero-order valence-electron chi connectivity index (χ0n) is 8.66. The Labute approximate surface area is 83.5 Å². The molecule has 0 atom stereocenters. The van der Waals surface area contributed by atoms with Crippen LogP contribution in [0.2, 0.25) is 0 Å². The molecule has 0 spiro atoms. The monoisotopic (exact) mass is 193 g/mol. The third kappa shape index (κ3) is 1.41. The van der Waals surface area contributed by atoms with Gasteiger partial charge in [0.15, 0.2) is 0 Å². The number of carbonyl (C=O) groups is 1. The van der Waals surface area contributed by atoms with Crippen molar-refractivity contribution in [3.63, 3.8) is 0 Å². The molecule has 4 heteroatoms. The van der Waals surface area contributed by atoms with Crippen molar-refractivity contribution in [3.05, 3.63) is 17.5 Å². The number of likely N-dealkylation sites (tertiary alicyclic amines) is 1. The lowest BCUT2D eigenvalue weighted by Crippen LogP contribution is -2.29. The minimum absolute atomic E-state index is 0.125. The summed E-state index contributed by atoms with van der Waals surface area (Å²) in [4.78, 5) is 13.9. The Balaban J connectivity index is 2.25. The van der Waals surface area contributed by atoms with E-state index < -0.39 is 0 Å². The zero-order valence-corrected chi connectivity index (χ0v) is 8.66. The molecule has 1 amide bonds. The van der Waals surface area contributed by atoms with E-state index in [0.29, 0.717) is 0 Å². The van der Waals surface area contributed by atoms with E-state index in [1.54, 1.807) is 10.9 Å². The molecule has 14 heavy (non-hydrogen) atoms. The van der Waals surface area contributed by atoms with E-state index in [9.17, 15) is 4.79 Å². The molecule has 0 aromatic carbocycles. The molecule has 1 fully saturated rings. The number of aromatic nitrogens is 2. The van der Waals surface area contributed by atoms with Gasteiger partial charge in [-0.25, -0.2) is 0 Å². The van der Waals surface area contributed by atoms with Gasteiger partial charge in [0.2, 0.25) is 0 Å². The van der Waals surface area contributed by atoms with Gasteiger partial charge in [-0.2, -0.15) is 5.10 Å². The highest BCUT2D eigenvalue weighted by atomic mass is 16.2. The summed E-state index contributed by atoms with van der Waals surface area (Å²) in [6, 6.07) is 0. The number of hydrogen-bond acceptors (Lipinski definition) is 2. The van der Waals surface area contributed by atoms with Gasteiger partial charge in [-0.15, -0.1) is 0 Å². The molecule has 0 aliphatic carbocycles. The molecule has 0 unspecified atom stereocenters. The van der Waals surface area contributed by atoms with Crippen molar-refractivity contribution in [1.82, 2.24) is 14.7 Å². The molecular formula is C10H15N3O. The Hall–Kier alpha value is -1.32. The van der Waals surface area contributed by atoms with Crippen LogP contribution < -0.4 is 0 Å². The van der Waals surface area contributed by atoms with E-state index in [2.05, 4.69) is 5.10 Å². The van der Waals surface area contributed by atoms with Gasteiger partial charge in [0.05, 0.1) is 6.20 Å². The molecule has 1 aliphatic rings. The molecule has 76 valence electrons. The third-order valence-corrected chi connectivity index (χ3v) is 2.72. The second kappa shape index (κ2) is 3.44. The average molecular weight is 193 g/mol. The van der Waals surface area contributed by atoms with E-state index >= 15 is 0 Å². The van der Waals surface area contributed by atoms with E-state index in [4.69, 9.17) is 0 Å². The SMILES string of the molecule is Cc1cnn(C)c1C(=O)N1CCCC1. The first-order valence-corrected chi connectivity index (χ1v) is 4.98. The topological polar surface area (TPSA) is 38.1 Å². The molecule has 2 heterocycles. The molecule has 1 aliphatic heterocycles. The first-order valence-electron chi connectivity index (χ1n) is 4.98. The molecule has 1 aromatic rings. The lowest BCUT2D eigenvalue weighted by Gasteiger charge is -2.15. The first-order chi connectivity index (χ1) is 6.70. The third-order valence-electron chi connectivity index (χ3n) is 2.72. The highest BCUT2D eigenvalue weighted by molar-refractivity contribution is 5.94. The summed E-state index contributed by atoms with van der Waals surface area (Å²) in [5.74, 6) is 0.125. The van der Waals surface area contributed by atoms with Crippen molar-refractivity contribution in [1.29, 1.82) is 0 Å². The quantitative estimate of drug-likeness (QED) is 0.666. The fourth-order valence-electron chi connectivity index (χ4n) is 1.92. The van der Waals surface area contributed by atoms with Crippen LogP contribution in [-0.2, 0) is 7.05 Å². The Bertz CT molecular complexity index is 331. The van der Waals surface area contributed by atoms with Crippen LogP contribution in [0.3, 0.4) is 0 Å². The van der Waals surface area contributed by atoms with Gasteiger partial charge in [-0.05, 0) is 25.3 Å². The summed E-state index contributed by atoms with van der Waals surface area (Å²) in [5.41, 5.74) is 1.69. The van der Waals surface area contributed by atoms with Crippen LogP contribution in [0.15, 0.2) is 6.20 Å². The maximum Gasteiger partial charge on any atom is 0.272 e. The zero-order chi connectivity index (χ0) is 10.1. The predicted octanol–water partition coefficient (Wildman–Crippen LogP) is 0.965. The van der Waals surface area contributed by atoms with E-state index in [1.165, 1.54) is 0 Å². The van der Waals surface area contributed by atoms with E-state index in [1.807, 2.05) is 18.9 Å². The minimum Gasteiger partial charge on any atom is -0.337 e. The van der Waals surface area contributed by atoms with Gasteiger partial charge in [-0.3, -0.25) is 9.48 Å². The van der Waals surface area contributed by atoms with Gasteiger partial charge in [-0.1, -0.05) is 0 Å². The lowest BCUT2D eigenvalue weighted by atomic mass is 10.2. The van der Waals surface area contributed by atoms with E-state index in [0.717, 1.165) is 37.2 Å². The van der Waals surface area contributed by atoms with Gasteiger partial charge < -0.3 is 4.90 Å². The summed E-state index contributed by atoms with van der Waals surface area (Å²) >= 11 is 0. The molecule has 2 rings (SSSR count). The molecular weight excluding hydrogens is 178 g/mol. The fraction of sp³-hybridized carbons (Fsp3) is 0.600. The van der Waals surface area contributed by atoms with Crippen LogP contribution >= 0.6 is 0 Å². The predicted molar refractivity (Wildman–Crippen MR) is 53.1 cm³/mol. The maximum atomic E-state index is 12.0. The molecule has 0 bridgehead atoms. The van der Waals surface area contributed by atoms with Crippen molar-refractivity contribution in [3.8, 4) is 0 Å². The largest absolute Gasteiger partial charge is 0.337 e. The number of amides is 1. The standard InChI is InChI=1S/C10H15N3O/c1-8-7-11-12(2)9(8)10(14)13-5-3-4-6-13/h7H,3-6H2,1-2H3. The number of nitrogens with zero attached hydrogens (tertiary/aromatic N) is 3. The summed E-state index contributed by atoms with van der Waals surface area (Å²) in [7, 11) is 1.82. The highest BCUT2D eigenvalue weighted by Gasteiger charge is 2.23. The summed E-state index contributed by atoms with van der Waals surface area (Å²) in [5, 5.41) is 4.08. The molecule has 0 N–H and O–H groups in total. The minimum atomic E-state index is 0.125. The fourth-order valence-corrected chi connectivity index (χ4v) is 1.92. The number of rotatable bonds is 1. The van der Waals surface area contributed by atoms with Crippen LogP contribution in [0.25, 0.3) is 0 Å². The Morgan fingerprint density at radius 2 is 2.07 bits per heavy atom. The molecule has 4 nitrogen and oxygen atoms in total. The van der Waals surface area contributed by atoms with Crippen molar-refractivity contribution >= 4 is 5.91 Å². The molecule has 1 saturated heterocycles. The van der Waals surface area contributed by atoms with Crippen LogP contribution in [0.4, 0.5) is 0 Å². The summed E-state index contributed by atoms with van der Waals surface area (Å²) in [6.07, 6.45) is 3.99. The highest BCUT2D eigenvalue weighted by Crippen LogP contribution is 2.14. The normalized spacial score (nSPS) is 16.3. The maximum absolute atomic E-state index is 12.0. The van der Waals surface area contributed by atoms with E-state index in [-0.39, 0.29) is 5.91 Å². The average Bonchev–Trinajstić information content (AvgIpc) is 2.75. The van der Waals surface area contributed by atoms with Crippen LogP contribution in [0.1, 0.15) is 28.9 Å². The first kappa shape index (κ1) is 9.24. The van der Waals surface area contributed by atoms with Gasteiger partial charge >= 0.3 is 0 Å². The molecule has 1 aromatic heterocycles. The summed E-state index contributed by atoms with van der Waals surface area (Å²) < 4.78 is 1.66. The molecule has 0 radical (unpaired) electrons.